The van der Waals surface area contributed by atoms with Crippen molar-refractivity contribution in [3.63, 3.8) is 0 Å². The first-order valence-corrected chi connectivity index (χ1v) is 6.58. The second kappa shape index (κ2) is 9.69. The van der Waals surface area contributed by atoms with E-state index in [1.807, 2.05) is 0 Å². The molecule has 82 valence electrons. The van der Waals surface area contributed by atoms with E-state index in [0.29, 0.717) is 6.42 Å². The first kappa shape index (κ1) is 14.1. The third-order valence-electron chi connectivity index (χ3n) is 2.09. The molecule has 0 fully saturated rings. The lowest BCUT2D eigenvalue weighted by atomic mass is 10.1. The summed E-state index contributed by atoms with van der Waals surface area (Å²) >= 11 is 2.27. The molecule has 0 aromatic rings. The number of halogens is 1. The van der Waals surface area contributed by atoms with E-state index >= 15 is 0 Å². The fraction of sp³-hybridized carbons (Fsp3) is 0.750. The number of Topliss-reactive ketones (excluding diaryl/α,β-unsaturated/α-hetero) is 1. The van der Waals surface area contributed by atoms with Crippen molar-refractivity contribution in [2.75, 3.05) is 0 Å². The summed E-state index contributed by atoms with van der Waals surface area (Å²) < 4.78 is 1.20. The number of unbranched alkanes of at least 4 members (excludes halogenated alkanes) is 5. The van der Waals surface area contributed by atoms with E-state index in [9.17, 15) is 4.79 Å². The summed E-state index contributed by atoms with van der Waals surface area (Å²) in [5.74, 6) is 0.261. The van der Waals surface area contributed by atoms with Gasteiger partial charge in [-0.15, -0.1) is 0 Å². The number of carbonyl (C=O) groups excluding carboxylic acids is 1. The SMILES string of the molecule is CCCCCCC/C=C(\I)CC(C)=O. The second-order valence-electron chi connectivity index (χ2n) is 3.73. The van der Waals surface area contributed by atoms with Gasteiger partial charge in [0.15, 0.2) is 0 Å². The third-order valence-corrected chi connectivity index (χ3v) is 2.91. The average Bonchev–Trinajstić information content (AvgIpc) is 2.10. The normalized spacial score (nSPS) is 11.8. The van der Waals surface area contributed by atoms with Crippen LogP contribution < -0.4 is 0 Å². The Morgan fingerprint density at radius 2 is 1.86 bits per heavy atom. The van der Waals surface area contributed by atoms with Crippen LogP contribution in [0, 0.1) is 0 Å². The van der Waals surface area contributed by atoms with Crippen molar-refractivity contribution in [1.82, 2.24) is 0 Å². The Kier molecular flexibility index (Phi) is 9.78. The van der Waals surface area contributed by atoms with Crippen LogP contribution in [0.25, 0.3) is 0 Å². The van der Waals surface area contributed by atoms with Gasteiger partial charge in [0.1, 0.15) is 5.78 Å². The van der Waals surface area contributed by atoms with E-state index < -0.39 is 0 Å². The molecule has 0 unspecified atom stereocenters. The van der Waals surface area contributed by atoms with Crippen molar-refractivity contribution < 1.29 is 4.79 Å². The molecule has 2 heteroatoms. The van der Waals surface area contributed by atoms with Crippen molar-refractivity contribution in [2.24, 2.45) is 0 Å². The summed E-state index contributed by atoms with van der Waals surface area (Å²) in [6.45, 7) is 3.88. The molecule has 0 atom stereocenters. The van der Waals surface area contributed by atoms with Gasteiger partial charge in [0.05, 0.1) is 0 Å². The minimum atomic E-state index is 0.261. The maximum atomic E-state index is 10.8. The molecule has 0 heterocycles. The maximum Gasteiger partial charge on any atom is 0.134 e. The molecule has 0 aliphatic heterocycles. The fourth-order valence-electron chi connectivity index (χ4n) is 1.32. The van der Waals surface area contributed by atoms with E-state index in [2.05, 4.69) is 35.6 Å². The van der Waals surface area contributed by atoms with Crippen LogP contribution in [0.2, 0.25) is 0 Å². The first-order valence-electron chi connectivity index (χ1n) is 5.50. The molecule has 14 heavy (non-hydrogen) atoms. The minimum Gasteiger partial charge on any atom is -0.300 e. The second-order valence-corrected chi connectivity index (χ2v) is 5.12. The molecular formula is C12H21IO. The molecule has 0 spiro atoms. The molecular weight excluding hydrogens is 287 g/mol. The molecule has 0 amide bonds. The van der Waals surface area contributed by atoms with Crippen molar-refractivity contribution in [3.05, 3.63) is 9.66 Å². The monoisotopic (exact) mass is 308 g/mol. The summed E-state index contributed by atoms with van der Waals surface area (Å²) in [6.07, 6.45) is 10.6. The standard InChI is InChI=1S/C12H21IO/c1-3-4-5-6-7-8-9-12(13)10-11(2)14/h9H,3-8,10H2,1-2H3/b12-9-. The Bertz CT molecular complexity index is 185. The lowest BCUT2D eigenvalue weighted by molar-refractivity contribution is -0.116. The molecule has 0 aliphatic rings. The smallest absolute Gasteiger partial charge is 0.134 e. The molecule has 0 aliphatic carbocycles. The van der Waals surface area contributed by atoms with Crippen LogP contribution in [0.5, 0.6) is 0 Å². The van der Waals surface area contributed by atoms with E-state index in [1.165, 1.54) is 35.7 Å². The van der Waals surface area contributed by atoms with Crippen LogP contribution in [0.3, 0.4) is 0 Å². The van der Waals surface area contributed by atoms with Gasteiger partial charge in [-0.2, -0.15) is 0 Å². The molecule has 0 bridgehead atoms. The van der Waals surface area contributed by atoms with Gasteiger partial charge in [-0.1, -0.05) is 38.7 Å². The average molecular weight is 308 g/mol. The highest BCUT2D eigenvalue weighted by atomic mass is 127. The number of hydrogen-bond acceptors (Lipinski definition) is 1. The predicted molar refractivity (Wildman–Crippen MR) is 70.8 cm³/mol. The Morgan fingerprint density at radius 3 is 2.43 bits per heavy atom. The molecule has 0 N–H and O–H groups in total. The van der Waals surface area contributed by atoms with Crippen LogP contribution in [-0.4, -0.2) is 5.78 Å². The molecule has 0 aromatic heterocycles. The van der Waals surface area contributed by atoms with Gasteiger partial charge in [0.25, 0.3) is 0 Å². The Hall–Kier alpha value is 0.140. The molecule has 0 rings (SSSR count). The van der Waals surface area contributed by atoms with Gasteiger partial charge in [-0.3, -0.25) is 4.79 Å². The zero-order valence-corrected chi connectivity index (χ0v) is 11.5. The topological polar surface area (TPSA) is 17.1 Å². The van der Waals surface area contributed by atoms with Gasteiger partial charge in [0, 0.05) is 6.42 Å². The van der Waals surface area contributed by atoms with E-state index in [1.54, 1.807) is 6.92 Å². The fourth-order valence-corrected chi connectivity index (χ4v) is 2.17. The van der Waals surface area contributed by atoms with Gasteiger partial charge in [0.2, 0.25) is 0 Å². The highest BCUT2D eigenvalue weighted by Crippen LogP contribution is 2.14. The number of rotatable bonds is 8. The van der Waals surface area contributed by atoms with E-state index in [-0.39, 0.29) is 5.78 Å². The van der Waals surface area contributed by atoms with Crippen molar-refractivity contribution in [3.8, 4) is 0 Å². The molecule has 1 nitrogen and oxygen atoms in total. The van der Waals surface area contributed by atoms with Gasteiger partial charge >= 0.3 is 0 Å². The zero-order chi connectivity index (χ0) is 10.8. The largest absolute Gasteiger partial charge is 0.300 e. The number of carbonyl (C=O) groups is 1. The molecule has 0 radical (unpaired) electrons. The number of allylic oxidation sites excluding steroid dienone is 2. The maximum absolute atomic E-state index is 10.8. The van der Waals surface area contributed by atoms with Crippen molar-refractivity contribution >= 4 is 28.4 Å². The summed E-state index contributed by atoms with van der Waals surface area (Å²) in [4.78, 5) is 10.8. The predicted octanol–water partition coefficient (Wildman–Crippen LogP) is 4.64. The molecule has 0 aromatic carbocycles. The first-order chi connectivity index (χ1) is 6.66. The Labute approximate surface area is 101 Å². The van der Waals surface area contributed by atoms with Crippen LogP contribution in [0.1, 0.15) is 58.8 Å². The van der Waals surface area contributed by atoms with Gasteiger partial charge < -0.3 is 0 Å². The summed E-state index contributed by atoms with van der Waals surface area (Å²) in [7, 11) is 0. The van der Waals surface area contributed by atoms with Crippen LogP contribution in [0.4, 0.5) is 0 Å². The highest BCUT2D eigenvalue weighted by Gasteiger charge is 1.96. The Morgan fingerprint density at radius 1 is 1.21 bits per heavy atom. The van der Waals surface area contributed by atoms with E-state index in [4.69, 9.17) is 0 Å². The minimum absolute atomic E-state index is 0.261. The summed E-state index contributed by atoms with van der Waals surface area (Å²) in [5.41, 5.74) is 0. The van der Waals surface area contributed by atoms with Crippen molar-refractivity contribution in [2.45, 2.75) is 58.8 Å². The lowest BCUT2D eigenvalue weighted by Crippen LogP contribution is -1.88. The molecule has 0 saturated carbocycles. The van der Waals surface area contributed by atoms with E-state index in [0.717, 1.165) is 6.42 Å². The number of ketones is 1. The quantitative estimate of drug-likeness (QED) is 0.471. The summed E-state index contributed by atoms with van der Waals surface area (Å²) in [6, 6.07) is 0. The zero-order valence-electron chi connectivity index (χ0n) is 9.31. The Balaban J connectivity index is 3.36. The van der Waals surface area contributed by atoms with Crippen LogP contribution in [-0.2, 0) is 4.79 Å². The summed E-state index contributed by atoms with van der Waals surface area (Å²) in [5, 5.41) is 0. The third kappa shape index (κ3) is 10.2. The lowest BCUT2D eigenvalue weighted by Gasteiger charge is -1.98. The van der Waals surface area contributed by atoms with Gasteiger partial charge in [-0.05, 0) is 45.9 Å². The van der Waals surface area contributed by atoms with Crippen LogP contribution >= 0.6 is 22.6 Å². The van der Waals surface area contributed by atoms with Gasteiger partial charge in [-0.25, -0.2) is 0 Å². The number of hydrogen-bond donors (Lipinski definition) is 0. The van der Waals surface area contributed by atoms with Crippen LogP contribution in [0.15, 0.2) is 9.66 Å². The molecule has 0 saturated heterocycles. The highest BCUT2D eigenvalue weighted by molar-refractivity contribution is 14.1. The van der Waals surface area contributed by atoms with Crippen molar-refractivity contribution in [1.29, 1.82) is 0 Å².